The van der Waals surface area contributed by atoms with Gasteiger partial charge in [0, 0.05) is 57.1 Å². The van der Waals surface area contributed by atoms with Gasteiger partial charge in [-0.1, -0.05) is 72.8 Å². The molecular weight excluding hydrogens is 592 g/mol. The molecule has 1 heterocycles. The molecule has 1 N–H and O–H groups in total. The predicted molar refractivity (Wildman–Crippen MR) is 188 cm³/mol. The van der Waals surface area contributed by atoms with Crippen LogP contribution in [0.4, 0.5) is 20.2 Å². The number of benzene rings is 4. The molecule has 1 unspecified atom stereocenters. The quantitative estimate of drug-likeness (QED) is 0.188. The van der Waals surface area contributed by atoms with Crippen molar-refractivity contribution in [1.29, 1.82) is 0 Å². The van der Waals surface area contributed by atoms with Gasteiger partial charge in [0.15, 0.2) is 0 Å². The van der Waals surface area contributed by atoms with Gasteiger partial charge in [-0.2, -0.15) is 0 Å². The molecule has 248 valence electrons. The standard InChI is InChI=1S/C40H45F2N3O2.H2/c1-3-47-40(24-11-25-40)37(31-12-5-4-6-13-31)45-27-10-9-26-44(28-29-45)34-22-20-33(21-23-34)43-38(46)36-15-8-7-14-35(36)30-16-18-32(19-17-30)39(2,41)42;/h4-8,12-23,37H,3,9-11,24-29H2,1-2H3,(H,43,46);1H. The first kappa shape index (κ1) is 32.9. The number of ether oxygens (including phenoxy) is 1. The Balaban J connectivity index is 0.00000451. The summed E-state index contributed by atoms with van der Waals surface area (Å²) < 4.78 is 34.0. The van der Waals surface area contributed by atoms with Crippen LogP contribution < -0.4 is 10.2 Å². The zero-order valence-electron chi connectivity index (χ0n) is 27.4. The molecular formula is C40H47F2N3O2. The molecule has 7 heteroatoms. The Kier molecular flexibility index (Phi) is 10.0. The first-order chi connectivity index (χ1) is 22.8. The second kappa shape index (κ2) is 14.4. The summed E-state index contributed by atoms with van der Waals surface area (Å²) in [6.07, 6.45) is 5.64. The summed E-state index contributed by atoms with van der Waals surface area (Å²) in [7, 11) is 0. The largest absolute Gasteiger partial charge is 0.373 e. The highest BCUT2D eigenvalue weighted by Gasteiger charge is 2.48. The van der Waals surface area contributed by atoms with E-state index in [2.05, 4.69) is 64.5 Å². The average molecular weight is 640 g/mol. The number of alkyl halides is 2. The van der Waals surface area contributed by atoms with Gasteiger partial charge in [-0.3, -0.25) is 9.69 Å². The van der Waals surface area contributed by atoms with E-state index in [1.165, 1.54) is 24.1 Å². The molecule has 5 nitrogen and oxygen atoms in total. The number of hydrogen-bond acceptors (Lipinski definition) is 4. The minimum Gasteiger partial charge on any atom is -0.373 e. The van der Waals surface area contributed by atoms with Gasteiger partial charge in [0.2, 0.25) is 0 Å². The number of hydrogen-bond donors (Lipinski definition) is 1. The molecule has 2 aliphatic rings. The maximum absolute atomic E-state index is 13.7. The zero-order valence-corrected chi connectivity index (χ0v) is 27.4. The molecule has 1 saturated carbocycles. The maximum atomic E-state index is 13.7. The van der Waals surface area contributed by atoms with Crippen LogP contribution in [0.2, 0.25) is 0 Å². The number of nitrogens with one attached hydrogen (secondary N) is 1. The Morgan fingerprint density at radius 2 is 1.53 bits per heavy atom. The molecule has 1 amide bonds. The van der Waals surface area contributed by atoms with Gasteiger partial charge in [0.1, 0.15) is 0 Å². The summed E-state index contributed by atoms with van der Waals surface area (Å²) in [5.74, 6) is -3.16. The average Bonchev–Trinajstić information content (AvgIpc) is 3.05. The molecule has 0 bridgehead atoms. The molecule has 47 heavy (non-hydrogen) atoms. The smallest absolute Gasteiger partial charge is 0.270 e. The molecule has 4 aromatic rings. The fourth-order valence-corrected chi connectivity index (χ4v) is 7.23. The summed E-state index contributed by atoms with van der Waals surface area (Å²) >= 11 is 0. The Morgan fingerprint density at radius 1 is 0.851 bits per heavy atom. The number of carbonyl (C=O) groups excluding carboxylic acids is 1. The topological polar surface area (TPSA) is 44.8 Å². The van der Waals surface area contributed by atoms with Crippen LogP contribution in [0.25, 0.3) is 11.1 Å². The minimum atomic E-state index is -2.92. The molecule has 6 rings (SSSR count). The van der Waals surface area contributed by atoms with E-state index in [9.17, 15) is 13.6 Å². The highest BCUT2D eigenvalue weighted by molar-refractivity contribution is 6.08. The third kappa shape index (κ3) is 7.42. The number of halogens is 2. The lowest BCUT2D eigenvalue weighted by molar-refractivity contribution is -0.148. The van der Waals surface area contributed by atoms with E-state index in [1.54, 1.807) is 18.2 Å². The van der Waals surface area contributed by atoms with Crippen LogP contribution in [-0.2, 0) is 10.7 Å². The van der Waals surface area contributed by atoms with Gasteiger partial charge in [-0.15, -0.1) is 0 Å². The zero-order chi connectivity index (χ0) is 32.9. The van der Waals surface area contributed by atoms with E-state index in [0.717, 1.165) is 71.1 Å². The summed E-state index contributed by atoms with van der Waals surface area (Å²) in [6.45, 7) is 7.62. The van der Waals surface area contributed by atoms with E-state index in [0.29, 0.717) is 22.4 Å². The van der Waals surface area contributed by atoms with Gasteiger partial charge >= 0.3 is 0 Å². The van der Waals surface area contributed by atoms with Gasteiger partial charge in [0.25, 0.3) is 11.8 Å². The van der Waals surface area contributed by atoms with Gasteiger partial charge in [0.05, 0.1) is 11.6 Å². The third-order valence-corrected chi connectivity index (χ3v) is 9.76. The fourth-order valence-electron chi connectivity index (χ4n) is 7.23. The van der Waals surface area contributed by atoms with Crippen LogP contribution in [0.5, 0.6) is 0 Å². The summed E-state index contributed by atoms with van der Waals surface area (Å²) in [4.78, 5) is 18.5. The number of carbonyl (C=O) groups is 1. The van der Waals surface area contributed by atoms with Crippen molar-refractivity contribution >= 4 is 17.3 Å². The van der Waals surface area contributed by atoms with Crippen molar-refractivity contribution in [3.63, 3.8) is 0 Å². The van der Waals surface area contributed by atoms with Crippen molar-refractivity contribution in [3.8, 4) is 11.1 Å². The third-order valence-electron chi connectivity index (χ3n) is 9.76. The first-order valence-electron chi connectivity index (χ1n) is 16.9. The number of rotatable bonds is 10. The summed E-state index contributed by atoms with van der Waals surface area (Å²) in [5, 5.41) is 3.04. The van der Waals surface area contributed by atoms with Crippen molar-refractivity contribution in [2.24, 2.45) is 0 Å². The molecule has 0 radical (unpaired) electrons. The van der Waals surface area contributed by atoms with Crippen LogP contribution in [-0.4, -0.2) is 49.2 Å². The van der Waals surface area contributed by atoms with Gasteiger partial charge in [-0.25, -0.2) is 8.78 Å². The molecule has 1 saturated heterocycles. The van der Waals surface area contributed by atoms with Crippen LogP contribution in [0.1, 0.15) is 74.9 Å². The molecule has 0 aromatic heterocycles. The second-order valence-corrected chi connectivity index (χ2v) is 12.9. The van der Waals surface area contributed by atoms with Gasteiger partial charge in [-0.05, 0) is 92.6 Å². The highest BCUT2D eigenvalue weighted by atomic mass is 19.3. The number of nitrogens with zero attached hydrogens (tertiary/aromatic N) is 2. The van der Waals surface area contributed by atoms with Crippen molar-refractivity contribution < 1.29 is 19.7 Å². The highest BCUT2D eigenvalue weighted by Crippen LogP contribution is 2.48. The summed E-state index contributed by atoms with van der Waals surface area (Å²) in [6, 6.07) is 32.6. The first-order valence-corrected chi connectivity index (χ1v) is 16.9. The van der Waals surface area contributed by atoms with E-state index in [4.69, 9.17) is 4.74 Å². The van der Waals surface area contributed by atoms with Crippen molar-refractivity contribution in [2.75, 3.05) is 43.0 Å². The molecule has 2 fully saturated rings. The number of anilines is 2. The Labute approximate surface area is 279 Å². The lowest BCUT2D eigenvalue weighted by Crippen LogP contribution is -2.54. The van der Waals surface area contributed by atoms with Crippen molar-refractivity contribution in [1.82, 2.24) is 4.90 Å². The predicted octanol–water partition coefficient (Wildman–Crippen LogP) is 9.57. The lowest BCUT2D eigenvalue weighted by atomic mass is 9.71. The van der Waals surface area contributed by atoms with E-state index >= 15 is 0 Å². The molecule has 1 aliphatic heterocycles. The van der Waals surface area contributed by atoms with Crippen molar-refractivity contribution in [3.05, 3.63) is 120 Å². The minimum absolute atomic E-state index is 0. The van der Waals surface area contributed by atoms with Crippen LogP contribution >= 0.6 is 0 Å². The van der Waals surface area contributed by atoms with Crippen LogP contribution in [0.3, 0.4) is 0 Å². The number of amides is 1. The molecule has 1 aliphatic carbocycles. The molecule has 0 spiro atoms. The molecule has 4 aromatic carbocycles. The van der Waals surface area contributed by atoms with E-state index in [1.807, 2.05) is 30.3 Å². The Morgan fingerprint density at radius 3 is 2.19 bits per heavy atom. The Hall–Kier alpha value is -4.07. The monoisotopic (exact) mass is 639 g/mol. The van der Waals surface area contributed by atoms with Crippen LogP contribution in [0.15, 0.2) is 103 Å². The second-order valence-electron chi connectivity index (χ2n) is 12.9. The van der Waals surface area contributed by atoms with Crippen LogP contribution in [0, 0.1) is 0 Å². The van der Waals surface area contributed by atoms with E-state index in [-0.39, 0.29) is 24.5 Å². The SMILES string of the molecule is CCOC1(C(c2ccccc2)N2CCCCN(c3ccc(NC(=O)c4ccccc4-c4ccc(C(C)(F)F)cc4)cc3)CC2)CCC1.[HH]. The lowest BCUT2D eigenvalue weighted by Gasteiger charge is -2.52. The molecule has 1 atom stereocenters. The fraction of sp³-hybridized carbons (Fsp3) is 0.375. The summed E-state index contributed by atoms with van der Waals surface area (Å²) in [5.41, 5.74) is 4.90. The Bertz CT molecular complexity index is 1620. The normalized spacial score (nSPS) is 17.7. The maximum Gasteiger partial charge on any atom is 0.270 e. The van der Waals surface area contributed by atoms with Crippen molar-refractivity contribution in [2.45, 2.75) is 63.5 Å². The van der Waals surface area contributed by atoms with E-state index < -0.39 is 5.92 Å². The van der Waals surface area contributed by atoms with Gasteiger partial charge < -0.3 is 15.0 Å².